The second-order valence-corrected chi connectivity index (χ2v) is 4.80. The Balaban J connectivity index is 2.18. The van der Waals surface area contributed by atoms with Gasteiger partial charge in [-0.1, -0.05) is 23.7 Å². The first-order valence-corrected chi connectivity index (χ1v) is 6.16. The van der Waals surface area contributed by atoms with Gasteiger partial charge >= 0.3 is 0 Å². The Morgan fingerprint density at radius 3 is 2.59 bits per heavy atom. The van der Waals surface area contributed by atoms with Crippen LogP contribution in [0.1, 0.15) is 0 Å². The summed E-state index contributed by atoms with van der Waals surface area (Å²) in [5, 5.41) is 4.89. The van der Waals surface area contributed by atoms with Gasteiger partial charge in [0, 0.05) is 16.8 Å². The maximum atomic E-state index is 5.87. The van der Waals surface area contributed by atoms with E-state index in [1.165, 1.54) is 6.33 Å². The molecule has 0 saturated carbocycles. The van der Waals surface area contributed by atoms with Crippen molar-refractivity contribution in [3.05, 3.63) is 52.5 Å². The highest BCUT2D eigenvalue weighted by Crippen LogP contribution is 2.25. The standard InChI is InChI=1S/C12H7BrClN3/c13-12-11-5-9(6-17(11)16-7-15-12)8-1-3-10(14)4-2-8/h1-7H. The summed E-state index contributed by atoms with van der Waals surface area (Å²) >= 11 is 9.27. The summed E-state index contributed by atoms with van der Waals surface area (Å²) < 4.78 is 2.58. The number of fused-ring (bicyclic) bond motifs is 1. The summed E-state index contributed by atoms with van der Waals surface area (Å²) in [4.78, 5) is 4.09. The molecule has 0 unspecified atom stereocenters. The Morgan fingerprint density at radius 1 is 1.12 bits per heavy atom. The van der Waals surface area contributed by atoms with E-state index in [0.29, 0.717) is 0 Å². The van der Waals surface area contributed by atoms with Crippen molar-refractivity contribution in [3.63, 3.8) is 0 Å². The number of nitrogens with zero attached hydrogens (tertiary/aromatic N) is 3. The highest BCUT2D eigenvalue weighted by molar-refractivity contribution is 9.10. The molecular formula is C12H7BrClN3. The average Bonchev–Trinajstić information content (AvgIpc) is 2.75. The molecule has 0 N–H and O–H groups in total. The van der Waals surface area contributed by atoms with E-state index in [4.69, 9.17) is 11.6 Å². The molecule has 0 aliphatic rings. The van der Waals surface area contributed by atoms with E-state index in [-0.39, 0.29) is 0 Å². The maximum absolute atomic E-state index is 5.87. The van der Waals surface area contributed by atoms with Crippen LogP contribution in [0.15, 0.2) is 47.5 Å². The number of aromatic nitrogens is 3. The Bertz CT molecular complexity index is 676. The summed E-state index contributed by atoms with van der Waals surface area (Å²) in [5.41, 5.74) is 3.13. The highest BCUT2D eigenvalue weighted by Gasteiger charge is 2.06. The molecule has 0 bridgehead atoms. The van der Waals surface area contributed by atoms with Crippen molar-refractivity contribution >= 4 is 33.0 Å². The van der Waals surface area contributed by atoms with E-state index in [1.54, 1.807) is 4.52 Å². The van der Waals surface area contributed by atoms with Crippen molar-refractivity contribution in [1.82, 2.24) is 14.6 Å². The van der Waals surface area contributed by atoms with Gasteiger partial charge in [0.05, 0.1) is 5.52 Å². The number of hydrogen-bond donors (Lipinski definition) is 0. The van der Waals surface area contributed by atoms with Gasteiger partial charge in [0.1, 0.15) is 10.9 Å². The molecule has 3 nitrogen and oxygen atoms in total. The van der Waals surface area contributed by atoms with Crippen molar-refractivity contribution in [3.8, 4) is 11.1 Å². The van der Waals surface area contributed by atoms with Crippen LogP contribution in [0.3, 0.4) is 0 Å². The number of benzene rings is 1. The zero-order valence-electron chi connectivity index (χ0n) is 8.64. The summed E-state index contributed by atoms with van der Waals surface area (Å²) in [5.74, 6) is 0. The van der Waals surface area contributed by atoms with Crippen LogP contribution >= 0.6 is 27.5 Å². The van der Waals surface area contributed by atoms with Gasteiger partial charge in [0.15, 0.2) is 0 Å². The Morgan fingerprint density at radius 2 is 1.88 bits per heavy atom. The van der Waals surface area contributed by atoms with Gasteiger partial charge in [0.25, 0.3) is 0 Å². The van der Waals surface area contributed by atoms with E-state index in [0.717, 1.165) is 26.3 Å². The lowest BCUT2D eigenvalue weighted by atomic mass is 10.1. The molecule has 2 heterocycles. The molecule has 0 aliphatic heterocycles. The van der Waals surface area contributed by atoms with Crippen LogP contribution in [-0.4, -0.2) is 14.6 Å². The van der Waals surface area contributed by atoms with Gasteiger partial charge in [-0.2, -0.15) is 5.10 Å². The summed E-state index contributed by atoms with van der Waals surface area (Å²) in [6.45, 7) is 0. The third kappa shape index (κ3) is 1.94. The van der Waals surface area contributed by atoms with Crippen molar-refractivity contribution in [2.24, 2.45) is 0 Å². The minimum absolute atomic E-state index is 0.735. The van der Waals surface area contributed by atoms with Crippen LogP contribution < -0.4 is 0 Å². The maximum Gasteiger partial charge on any atom is 0.137 e. The van der Waals surface area contributed by atoms with Crippen molar-refractivity contribution in [2.45, 2.75) is 0 Å². The molecule has 3 rings (SSSR count). The molecule has 0 amide bonds. The third-order valence-electron chi connectivity index (χ3n) is 2.54. The fourth-order valence-electron chi connectivity index (χ4n) is 1.70. The van der Waals surface area contributed by atoms with Crippen molar-refractivity contribution < 1.29 is 0 Å². The molecule has 5 heteroatoms. The molecule has 3 aromatic rings. The Kier molecular flexibility index (Phi) is 2.61. The first-order valence-electron chi connectivity index (χ1n) is 4.99. The molecular weight excluding hydrogens is 302 g/mol. The van der Waals surface area contributed by atoms with E-state index in [9.17, 15) is 0 Å². The molecule has 0 saturated heterocycles. The van der Waals surface area contributed by atoms with Crippen molar-refractivity contribution in [1.29, 1.82) is 0 Å². The van der Waals surface area contributed by atoms with Crippen LogP contribution in [0.4, 0.5) is 0 Å². The topological polar surface area (TPSA) is 30.2 Å². The van der Waals surface area contributed by atoms with Crippen LogP contribution in [0, 0.1) is 0 Å². The zero-order chi connectivity index (χ0) is 11.8. The second-order valence-electron chi connectivity index (χ2n) is 3.62. The molecule has 84 valence electrons. The lowest BCUT2D eigenvalue weighted by Crippen LogP contribution is -1.90. The third-order valence-corrected chi connectivity index (χ3v) is 3.40. The predicted octanol–water partition coefficient (Wildman–Crippen LogP) is 3.81. The van der Waals surface area contributed by atoms with Gasteiger partial charge in [-0.15, -0.1) is 0 Å². The molecule has 0 atom stereocenters. The van der Waals surface area contributed by atoms with Crippen LogP contribution in [0.5, 0.6) is 0 Å². The number of hydrogen-bond acceptors (Lipinski definition) is 2. The SMILES string of the molecule is Clc1ccc(-c2cc3c(Br)ncnn3c2)cc1. The quantitative estimate of drug-likeness (QED) is 0.684. The number of halogens is 2. The molecule has 17 heavy (non-hydrogen) atoms. The van der Waals surface area contributed by atoms with Gasteiger partial charge in [0.2, 0.25) is 0 Å². The van der Waals surface area contributed by atoms with E-state index >= 15 is 0 Å². The summed E-state index contributed by atoms with van der Waals surface area (Å²) in [6, 6.07) is 9.75. The van der Waals surface area contributed by atoms with Gasteiger partial charge in [-0.05, 0) is 39.7 Å². The van der Waals surface area contributed by atoms with E-state index in [2.05, 4.69) is 26.0 Å². The molecule has 0 aliphatic carbocycles. The normalized spacial score (nSPS) is 10.9. The Hall–Kier alpha value is -1.39. The fraction of sp³-hybridized carbons (Fsp3) is 0. The minimum atomic E-state index is 0.735. The first kappa shape index (κ1) is 10.7. The fourth-order valence-corrected chi connectivity index (χ4v) is 2.21. The molecule has 0 fully saturated rings. The predicted molar refractivity (Wildman–Crippen MR) is 71.1 cm³/mol. The van der Waals surface area contributed by atoms with E-state index < -0.39 is 0 Å². The molecule has 1 aromatic carbocycles. The first-order chi connectivity index (χ1) is 8.24. The molecule has 0 spiro atoms. The Labute approximate surface area is 111 Å². The molecule has 2 aromatic heterocycles. The van der Waals surface area contributed by atoms with Crippen LogP contribution in [0.25, 0.3) is 16.6 Å². The van der Waals surface area contributed by atoms with Crippen LogP contribution in [-0.2, 0) is 0 Å². The number of rotatable bonds is 1. The second kappa shape index (κ2) is 4.13. The van der Waals surface area contributed by atoms with E-state index in [1.807, 2.05) is 36.5 Å². The monoisotopic (exact) mass is 307 g/mol. The summed E-state index contributed by atoms with van der Waals surface area (Å²) in [6.07, 6.45) is 3.48. The van der Waals surface area contributed by atoms with Crippen molar-refractivity contribution in [2.75, 3.05) is 0 Å². The largest absolute Gasteiger partial charge is 0.236 e. The average molecular weight is 309 g/mol. The minimum Gasteiger partial charge on any atom is -0.236 e. The highest BCUT2D eigenvalue weighted by atomic mass is 79.9. The van der Waals surface area contributed by atoms with Gasteiger partial charge < -0.3 is 0 Å². The lowest BCUT2D eigenvalue weighted by molar-refractivity contribution is 0.895. The van der Waals surface area contributed by atoms with Gasteiger partial charge in [-0.25, -0.2) is 9.50 Å². The summed E-state index contributed by atoms with van der Waals surface area (Å²) in [7, 11) is 0. The molecule has 0 radical (unpaired) electrons. The van der Waals surface area contributed by atoms with Crippen LogP contribution in [0.2, 0.25) is 5.02 Å². The lowest BCUT2D eigenvalue weighted by Gasteiger charge is -1.96. The zero-order valence-corrected chi connectivity index (χ0v) is 11.0. The van der Waals surface area contributed by atoms with Gasteiger partial charge in [-0.3, -0.25) is 0 Å². The smallest absolute Gasteiger partial charge is 0.137 e.